The smallest absolute Gasteiger partial charge is 0.250 e. The Kier molecular flexibility index (Phi) is 3.60. The zero-order valence-corrected chi connectivity index (χ0v) is 11.3. The predicted octanol–water partition coefficient (Wildman–Crippen LogP) is 0.877. The lowest BCUT2D eigenvalue weighted by Crippen LogP contribution is -2.22. The number of hydrogen-bond acceptors (Lipinski definition) is 4. The van der Waals surface area contributed by atoms with E-state index in [1.54, 1.807) is 24.3 Å². The molecule has 2 rings (SSSR count). The number of nitrogens with zero attached hydrogens (tertiary/aromatic N) is 3. The molecule has 4 N–H and O–H groups in total. The fraction of sp³-hybridized carbons (Fsp3) is 0.231. The summed E-state index contributed by atoms with van der Waals surface area (Å²) < 4.78 is 15.8. The van der Waals surface area contributed by atoms with E-state index >= 15 is 0 Å². The van der Waals surface area contributed by atoms with E-state index in [1.165, 1.54) is 6.07 Å². The standard InChI is InChI=1S/C13H16FN5O/c1-18-4-3-17-12(18)7-19(2)11-5-8(13(16)20)10(15)6-9(11)14/h3-6H,7,15H2,1-2H3,(H2,16,20). The molecule has 0 fully saturated rings. The summed E-state index contributed by atoms with van der Waals surface area (Å²) in [6.07, 6.45) is 3.47. The SMILES string of the molecule is CN(Cc1nccn1C)c1cc(C(N)=O)c(N)cc1F. The van der Waals surface area contributed by atoms with Gasteiger partial charge in [0.1, 0.15) is 11.6 Å². The Hall–Kier alpha value is -2.57. The first kappa shape index (κ1) is 13.9. The van der Waals surface area contributed by atoms with Gasteiger partial charge in [0, 0.05) is 32.2 Å². The number of carbonyl (C=O) groups is 1. The number of benzene rings is 1. The van der Waals surface area contributed by atoms with Gasteiger partial charge in [0.2, 0.25) is 0 Å². The predicted molar refractivity (Wildman–Crippen MR) is 74.6 cm³/mol. The highest BCUT2D eigenvalue weighted by Crippen LogP contribution is 2.25. The second-order valence-corrected chi connectivity index (χ2v) is 4.57. The zero-order valence-electron chi connectivity index (χ0n) is 11.3. The number of carbonyl (C=O) groups excluding carboxylic acids is 1. The number of amides is 1. The molecule has 7 heteroatoms. The van der Waals surface area contributed by atoms with Crippen LogP contribution in [0.5, 0.6) is 0 Å². The second kappa shape index (κ2) is 5.20. The summed E-state index contributed by atoms with van der Waals surface area (Å²) in [5, 5.41) is 0. The van der Waals surface area contributed by atoms with Crippen LogP contribution in [-0.4, -0.2) is 22.5 Å². The van der Waals surface area contributed by atoms with Gasteiger partial charge in [-0.25, -0.2) is 9.37 Å². The maximum Gasteiger partial charge on any atom is 0.250 e. The molecule has 0 aliphatic heterocycles. The Morgan fingerprint density at radius 2 is 2.20 bits per heavy atom. The molecule has 1 aromatic heterocycles. The molecule has 0 aliphatic rings. The van der Waals surface area contributed by atoms with Crippen LogP contribution in [0.25, 0.3) is 0 Å². The molecule has 20 heavy (non-hydrogen) atoms. The van der Waals surface area contributed by atoms with Gasteiger partial charge in [-0.05, 0) is 12.1 Å². The Balaban J connectivity index is 2.34. The lowest BCUT2D eigenvalue weighted by molar-refractivity contribution is 0.100. The van der Waals surface area contributed by atoms with E-state index in [0.717, 1.165) is 11.9 Å². The van der Waals surface area contributed by atoms with Gasteiger partial charge < -0.3 is 20.9 Å². The minimum absolute atomic E-state index is 0.0316. The highest BCUT2D eigenvalue weighted by molar-refractivity contribution is 5.99. The van der Waals surface area contributed by atoms with Gasteiger partial charge in [-0.1, -0.05) is 0 Å². The van der Waals surface area contributed by atoms with Crippen molar-refractivity contribution in [3.05, 3.63) is 41.7 Å². The summed E-state index contributed by atoms with van der Waals surface area (Å²) in [6, 6.07) is 2.46. The molecule has 0 atom stereocenters. The van der Waals surface area contributed by atoms with Gasteiger partial charge in [0.05, 0.1) is 17.8 Å². The molecule has 6 nitrogen and oxygen atoms in total. The number of nitrogens with two attached hydrogens (primary N) is 2. The zero-order chi connectivity index (χ0) is 14.9. The number of aryl methyl sites for hydroxylation is 1. The molecule has 2 aromatic rings. The molecule has 0 aliphatic carbocycles. The third-order valence-corrected chi connectivity index (χ3v) is 3.10. The summed E-state index contributed by atoms with van der Waals surface area (Å²) >= 11 is 0. The topological polar surface area (TPSA) is 90.2 Å². The quantitative estimate of drug-likeness (QED) is 0.812. The van der Waals surface area contributed by atoms with E-state index in [1.807, 2.05) is 11.6 Å². The first-order valence-corrected chi connectivity index (χ1v) is 5.96. The van der Waals surface area contributed by atoms with Crippen LogP contribution >= 0.6 is 0 Å². The van der Waals surface area contributed by atoms with Gasteiger partial charge >= 0.3 is 0 Å². The van der Waals surface area contributed by atoms with E-state index in [4.69, 9.17) is 11.5 Å². The van der Waals surface area contributed by atoms with E-state index in [-0.39, 0.29) is 16.9 Å². The molecule has 0 radical (unpaired) electrons. The van der Waals surface area contributed by atoms with Crippen molar-refractivity contribution >= 4 is 17.3 Å². The minimum atomic E-state index is -0.686. The van der Waals surface area contributed by atoms with Crippen LogP contribution in [0.1, 0.15) is 16.2 Å². The summed E-state index contributed by atoms with van der Waals surface area (Å²) in [5.74, 6) is -0.428. The number of nitrogen functional groups attached to an aromatic ring is 1. The van der Waals surface area contributed by atoms with E-state index < -0.39 is 11.7 Å². The maximum absolute atomic E-state index is 14.0. The highest BCUT2D eigenvalue weighted by Gasteiger charge is 2.15. The molecular weight excluding hydrogens is 261 g/mol. The third kappa shape index (κ3) is 2.56. The van der Waals surface area contributed by atoms with Crippen molar-refractivity contribution in [1.29, 1.82) is 0 Å². The van der Waals surface area contributed by atoms with Gasteiger partial charge in [0.25, 0.3) is 5.91 Å². The molecule has 106 valence electrons. The van der Waals surface area contributed by atoms with Crippen LogP contribution < -0.4 is 16.4 Å². The Bertz CT molecular complexity index is 652. The van der Waals surface area contributed by atoms with Crippen molar-refractivity contribution in [1.82, 2.24) is 9.55 Å². The number of anilines is 2. The lowest BCUT2D eigenvalue weighted by atomic mass is 10.1. The number of halogens is 1. The molecule has 1 aromatic carbocycles. The van der Waals surface area contributed by atoms with Crippen molar-refractivity contribution < 1.29 is 9.18 Å². The van der Waals surface area contributed by atoms with Gasteiger partial charge in [-0.15, -0.1) is 0 Å². The molecule has 0 spiro atoms. The fourth-order valence-electron chi connectivity index (χ4n) is 1.93. The molecular formula is C13H16FN5O. The number of imidazole rings is 1. The van der Waals surface area contributed by atoms with Gasteiger partial charge in [-0.2, -0.15) is 0 Å². The number of hydrogen-bond donors (Lipinski definition) is 2. The van der Waals surface area contributed by atoms with Crippen molar-refractivity contribution in [3.8, 4) is 0 Å². The highest BCUT2D eigenvalue weighted by atomic mass is 19.1. The Labute approximate surface area is 115 Å². The molecule has 0 unspecified atom stereocenters. The van der Waals surface area contributed by atoms with Crippen LogP contribution in [-0.2, 0) is 13.6 Å². The van der Waals surface area contributed by atoms with Crippen molar-refractivity contribution in [3.63, 3.8) is 0 Å². The number of rotatable bonds is 4. The monoisotopic (exact) mass is 277 g/mol. The first-order chi connectivity index (χ1) is 9.40. The first-order valence-electron chi connectivity index (χ1n) is 5.96. The van der Waals surface area contributed by atoms with E-state index in [9.17, 15) is 9.18 Å². The molecule has 0 saturated carbocycles. The second-order valence-electron chi connectivity index (χ2n) is 4.57. The summed E-state index contributed by atoms with van der Waals surface area (Å²) in [6.45, 7) is 0.391. The molecule has 1 amide bonds. The van der Waals surface area contributed by atoms with Crippen LogP contribution in [0.4, 0.5) is 15.8 Å². The van der Waals surface area contributed by atoms with Crippen molar-refractivity contribution in [2.75, 3.05) is 17.7 Å². The van der Waals surface area contributed by atoms with Crippen LogP contribution in [0.15, 0.2) is 24.5 Å². The largest absolute Gasteiger partial charge is 0.398 e. The molecule has 0 bridgehead atoms. The molecule has 1 heterocycles. The number of primary amides is 1. The van der Waals surface area contributed by atoms with Gasteiger partial charge in [0.15, 0.2) is 0 Å². The third-order valence-electron chi connectivity index (χ3n) is 3.10. The molecule has 0 saturated heterocycles. The maximum atomic E-state index is 14.0. The van der Waals surface area contributed by atoms with Crippen molar-refractivity contribution in [2.45, 2.75) is 6.54 Å². The van der Waals surface area contributed by atoms with Crippen LogP contribution in [0, 0.1) is 5.82 Å². The van der Waals surface area contributed by atoms with E-state index in [2.05, 4.69) is 4.98 Å². The number of aromatic nitrogens is 2. The van der Waals surface area contributed by atoms with E-state index in [0.29, 0.717) is 6.54 Å². The normalized spacial score (nSPS) is 10.6. The summed E-state index contributed by atoms with van der Waals surface area (Å²) in [4.78, 5) is 17.1. The summed E-state index contributed by atoms with van der Waals surface area (Å²) in [7, 11) is 3.55. The van der Waals surface area contributed by atoms with Crippen LogP contribution in [0.2, 0.25) is 0 Å². The van der Waals surface area contributed by atoms with Crippen LogP contribution in [0.3, 0.4) is 0 Å². The summed E-state index contributed by atoms with van der Waals surface area (Å²) in [5.41, 5.74) is 11.2. The average molecular weight is 277 g/mol. The Morgan fingerprint density at radius 1 is 1.50 bits per heavy atom. The Morgan fingerprint density at radius 3 is 2.75 bits per heavy atom. The van der Waals surface area contributed by atoms with Crippen molar-refractivity contribution in [2.24, 2.45) is 12.8 Å². The lowest BCUT2D eigenvalue weighted by Gasteiger charge is -2.20. The van der Waals surface area contributed by atoms with Gasteiger partial charge in [-0.3, -0.25) is 4.79 Å². The average Bonchev–Trinajstić information content (AvgIpc) is 2.74. The fourth-order valence-corrected chi connectivity index (χ4v) is 1.93. The minimum Gasteiger partial charge on any atom is -0.398 e.